The van der Waals surface area contributed by atoms with Gasteiger partial charge in [-0.1, -0.05) is 41.4 Å². The van der Waals surface area contributed by atoms with E-state index in [0.717, 1.165) is 29.6 Å². The second kappa shape index (κ2) is 10.2. The molecule has 8 nitrogen and oxygen atoms in total. The fourth-order valence-electron chi connectivity index (χ4n) is 3.65. The molecule has 10 heteroatoms. The number of benzene rings is 2. The molecule has 4 N–H and O–H groups in total. The van der Waals surface area contributed by atoms with Gasteiger partial charge in [0.2, 0.25) is 5.95 Å². The first-order valence-electron chi connectivity index (χ1n) is 11.2. The number of para-hydroxylation sites is 1. The Balaban J connectivity index is 1.53. The quantitative estimate of drug-likeness (QED) is 0.262. The number of fused-ring (bicyclic) bond motifs is 1. The predicted molar refractivity (Wildman–Crippen MR) is 141 cm³/mol. The van der Waals surface area contributed by atoms with Gasteiger partial charge in [-0.15, -0.1) is 0 Å². The smallest absolute Gasteiger partial charge is 0.324 e. The maximum absolute atomic E-state index is 12.8. The second-order valence-corrected chi connectivity index (χ2v) is 10.1. The first-order chi connectivity index (χ1) is 16.6. The van der Waals surface area contributed by atoms with E-state index in [4.69, 9.17) is 28.6 Å². The highest BCUT2D eigenvalue weighted by atomic mass is 35.5. The summed E-state index contributed by atoms with van der Waals surface area (Å²) in [6, 6.07) is 13.0. The summed E-state index contributed by atoms with van der Waals surface area (Å²) in [5.41, 5.74) is 1.98. The van der Waals surface area contributed by atoms with Crippen LogP contribution in [0.15, 0.2) is 53.5 Å². The third-order valence-corrected chi connectivity index (χ3v) is 5.97. The minimum atomic E-state index is -0.576. The van der Waals surface area contributed by atoms with Crippen LogP contribution in [-0.2, 0) is 6.42 Å². The second-order valence-electron chi connectivity index (χ2n) is 9.24. The number of anilines is 2. The number of hydrogen-bond donors (Lipinski definition) is 4. The number of halogens is 2. The van der Waals surface area contributed by atoms with Crippen LogP contribution in [0.25, 0.3) is 16.7 Å². The predicted octanol–water partition coefficient (Wildman–Crippen LogP) is 4.96. The molecule has 2 heterocycles. The molecule has 0 saturated heterocycles. The molecular formula is C25H27Cl2N7O. The lowest BCUT2D eigenvalue weighted by Crippen LogP contribution is -2.36. The molecule has 0 aliphatic rings. The van der Waals surface area contributed by atoms with Crippen LogP contribution in [0.4, 0.5) is 11.6 Å². The van der Waals surface area contributed by atoms with Crippen LogP contribution in [0.1, 0.15) is 32.8 Å². The molecule has 0 amide bonds. The van der Waals surface area contributed by atoms with Crippen LogP contribution < -0.4 is 21.8 Å². The van der Waals surface area contributed by atoms with Gasteiger partial charge in [-0.05, 0) is 70.0 Å². The Morgan fingerprint density at radius 2 is 1.77 bits per heavy atom. The SMILES string of the molecule is CC(C)(C)NCCCc1ccc(Nc2ncc3c(=N)n(-c4c(Cl)cccc4Cl)c(=O)[nH]c3n2)cc1. The molecular weight excluding hydrogens is 485 g/mol. The molecule has 182 valence electrons. The van der Waals surface area contributed by atoms with Crippen molar-refractivity contribution in [3.8, 4) is 5.69 Å². The van der Waals surface area contributed by atoms with Crippen molar-refractivity contribution in [2.24, 2.45) is 0 Å². The van der Waals surface area contributed by atoms with E-state index in [0.29, 0.717) is 11.3 Å². The van der Waals surface area contributed by atoms with Crippen molar-refractivity contribution in [3.05, 3.63) is 80.2 Å². The van der Waals surface area contributed by atoms with E-state index >= 15 is 0 Å². The third kappa shape index (κ3) is 5.90. The van der Waals surface area contributed by atoms with Crippen LogP contribution in [-0.4, -0.2) is 31.6 Å². The van der Waals surface area contributed by atoms with Crippen molar-refractivity contribution >= 4 is 45.9 Å². The summed E-state index contributed by atoms with van der Waals surface area (Å²) in [5, 5.41) is 16.1. The molecule has 2 aromatic heterocycles. The molecule has 0 bridgehead atoms. The highest BCUT2D eigenvalue weighted by Crippen LogP contribution is 2.26. The highest BCUT2D eigenvalue weighted by molar-refractivity contribution is 6.37. The van der Waals surface area contributed by atoms with E-state index in [1.165, 1.54) is 11.8 Å². The zero-order valence-corrected chi connectivity index (χ0v) is 21.3. The van der Waals surface area contributed by atoms with E-state index in [-0.39, 0.29) is 32.4 Å². The first-order valence-corrected chi connectivity index (χ1v) is 12.0. The molecule has 4 aromatic rings. The Morgan fingerprint density at radius 1 is 1.09 bits per heavy atom. The molecule has 35 heavy (non-hydrogen) atoms. The minimum Gasteiger partial charge on any atom is -0.324 e. The van der Waals surface area contributed by atoms with Gasteiger partial charge in [-0.3, -0.25) is 10.4 Å². The lowest BCUT2D eigenvalue weighted by Gasteiger charge is -2.20. The zero-order chi connectivity index (χ0) is 25.2. The van der Waals surface area contributed by atoms with Gasteiger partial charge in [0.25, 0.3) is 0 Å². The molecule has 2 aromatic carbocycles. The van der Waals surface area contributed by atoms with Gasteiger partial charge >= 0.3 is 5.69 Å². The van der Waals surface area contributed by atoms with Crippen molar-refractivity contribution in [3.63, 3.8) is 0 Å². The average Bonchev–Trinajstić information content (AvgIpc) is 2.79. The van der Waals surface area contributed by atoms with Crippen molar-refractivity contribution in [1.82, 2.24) is 24.8 Å². The summed E-state index contributed by atoms with van der Waals surface area (Å²) in [6.45, 7) is 7.45. The maximum Gasteiger partial charge on any atom is 0.333 e. The molecule has 0 aliphatic heterocycles. The number of aromatic amines is 1. The number of H-pyrrole nitrogens is 1. The van der Waals surface area contributed by atoms with E-state index in [1.807, 2.05) is 12.1 Å². The van der Waals surface area contributed by atoms with Gasteiger partial charge in [0, 0.05) is 17.4 Å². The topological polar surface area (TPSA) is 111 Å². The Morgan fingerprint density at radius 3 is 2.43 bits per heavy atom. The largest absolute Gasteiger partial charge is 0.333 e. The third-order valence-electron chi connectivity index (χ3n) is 5.36. The minimum absolute atomic E-state index is 0.115. The lowest BCUT2D eigenvalue weighted by atomic mass is 10.1. The molecule has 0 fully saturated rings. The van der Waals surface area contributed by atoms with Gasteiger partial charge < -0.3 is 10.6 Å². The van der Waals surface area contributed by atoms with Gasteiger partial charge in [-0.25, -0.2) is 14.3 Å². The van der Waals surface area contributed by atoms with Gasteiger partial charge in [-0.2, -0.15) is 4.98 Å². The summed E-state index contributed by atoms with van der Waals surface area (Å²) >= 11 is 12.5. The van der Waals surface area contributed by atoms with Crippen molar-refractivity contribution in [2.45, 2.75) is 39.2 Å². The van der Waals surface area contributed by atoms with E-state index in [9.17, 15) is 4.79 Å². The normalized spacial score (nSPS) is 11.7. The summed E-state index contributed by atoms with van der Waals surface area (Å²) in [4.78, 5) is 24.2. The highest BCUT2D eigenvalue weighted by Gasteiger charge is 2.15. The van der Waals surface area contributed by atoms with E-state index in [2.05, 4.69) is 58.5 Å². The monoisotopic (exact) mass is 511 g/mol. The molecule has 0 spiro atoms. The number of aromatic nitrogens is 4. The fourth-order valence-corrected chi connectivity index (χ4v) is 4.21. The molecule has 0 radical (unpaired) electrons. The molecule has 4 rings (SSSR count). The number of nitrogens with zero attached hydrogens (tertiary/aromatic N) is 3. The maximum atomic E-state index is 12.8. The fraction of sp³-hybridized carbons (Fsp3) is 0.280. The van der Waals surface area contributed by atoms with Crippen LogP contribution in [0.3, 0.4) is 0 Å². The van der Waals surface area contributed by atoms with Crippen LogP contribution in [0.5, 0.6) is 0 Å². The van der Waals surface area contributed by atoms with Crippen LogP contribution in [0.2, 0.25) is 10.0 Å². The summed E-state index contributed by atoms with van der Waals surface area (Å²) < 4.78 is 1.11. The first kappa shape index (κ1) is 24.9. The average molecular weight is 512 g/mol. The summed E-state index contributed by atoms with van der Waals surface area (Å²) in [7, 11) is 0. The summed E-state index contributed by atoms with van der Waals surface area (Å²) in [6.07, 6.45) is 3.53. The number of nitrogens with one attached hydrogen (secondary N) is 4. The lowest BCUT2D eigenvalue weighted by molar-refractivity contribution is 0.422. The molecule has 0 aliphatic carbocycles. The van der Waals surface area contributed by atoms with Gasteiger partial charge in [0.1, 0.15) is 5.49 Å². The van der Waals surface area contributed by atoms with E-state index < -0.39 is 5.69 Å². The van der Waals surface area contributed by atoms with Crippen LogP contribution >= 0.6 is 23.2 Å². The van der Waals surface area contributed by atoms with E-state index in [1.54, 1.807) is 18.2 Å². The van der Waals surface area contributed by atoms with Gasteiger partial charge in [0.15, 0.2) is 5.65 Å². The molecule has 0 saturated carbocycles. The Kier molecular flexibility index (Phi) is 7.25. The van der Waals surface area contributed by atoms with Crippen molar-refractivity contribution < 1.29 is 0 Å². The number of rotatable bonds is 7. The Labute approximate surface area is 212 Å². The van der Waals surface area contributed by atoms with Crippen molar-refractivity contribution in [1.29, 1.82) is 5.41 Å². The molecule has 0 unspecified atom stereocenters. The summed E-state index contributed by atoms with van der Waals surface area (Å²) in [5.74, 6) is 0.309. The molecule has 0 atom stereocenters. The number of hydrogen-bond acceptors (Lipinski definition) is 6. The zero-order valence-electron chi connectivity index (χ0n) is 19.7. The van der Waals surface area contributed by atoms with Crippen LogP contribution in [0, 0.1) is 5.41 Å². The number of aryl methyl sites for hydroxylation is 1. The standard InChI is InChI=1S/C25H27Cl2N7O/c1-25(2,3)30-13-5-6-15-9-11-16(12-10-15)31-23-29-14-17-21(28)34(24(35)33-22(17)32-23)20-18(26)7-4-8-19(20)27/h4,7-12,14,28,30H,5-6,13H2,1-3H3,(H2,29,31,32,33,35). The Bertz CT molecular complexity index is 1450. The van der Waals surface area contributed by atoms with Gasteiger partial charge in [0.05, 0.1) is 21.1 Å². The van der Waals surface area contributed by atoms with Crippen molar-refractivity contribution in [2.75, 3.05) is 11.9 Å². The Hall–Kier alpha value is -3.20.